The van der Waals surface area contributed by atoms with E-state index in [0.29, 0.717) is 23.0 Å². The van der Waals surface area contributed by atoms with E-state index in [1.807, 2.05) is 30.3 Å². The van der Waals surface area contributed by atoms with Crippen LogP contribution in [0, 0.1) is 11.8 Å². The zero-order valence-electron chi connectivity index (χ0n) is 11.6. The number of rotatable bonds is 3. The molecule has 1 heterocycles. The molecule has 2 N–H and O–H groups in total. The van der Waals surface area contributed by atoms with Gasteiger partial charge in [0.1, 0.15) is 0 Å². The molecule has 108 valence electrons. The summed E-state index contributed by atoms with van der Waals surface area (Å²) >= 11 is 7.33. The van der Waals surface area contributed by atoms with Crippen LogP contribution in [-0.2, 0) is 6.54 Å². The first-order valence-corrected chi connectivity index (χ1v) is 7.58. The maximum Gasteiger partial charge on any atom is 0.264 e. The lowest BCUT2D eigenvalue weighted by atomic mass is 10.2. The summed E-state index contributed by atoms with van der Waals surface area (Å²) in [5.41, 5.74) is 6.33. The van der Waals surface area contributed by atoms with Gasteiger partial charge >= 0.3 is 0 Å². The molecule has 5 heteroatoms. The minimum atomic E-state index is -0.0271. The largest absolute Gasteiger partial charge is 0.337 e. The fourth-order valence-electron chi connectivity index (χ4n) is 1.83. The standard InChI is InChI=1S/C16H15ClN2OS/c1-19(11-12-4-2-5-13(17)10-12)16(20)15-8-7-14(21-15)6-3-9-18/h2,4-5,7-8,10H,9,11,18H2,1H3. The van der Waals surface area contributed by atoms with Gasteiger partial charge in [-0.25, -0.2) is 0 Å². The van der Waals surface area contributed by atoms with Gasteiger partial charge in [-0.2, -0.15) is 0 Å². The smallest absolute Gasteiger partial charge is 0.264 e. The van der Waals surface area contributed by atoms with Crippen molar-refractivity contribution in [1.29, 1.82) is 0 Å². The third-order valence-electron chi connectivity index (χ3n) is 2.79. The maximum absolute atomic E-state index is 12.4. The van der Waals surface area contributed by atoms with Crippen molar-refractivity contribution in [3.63, 3.8) is 0 Å². The number of hydrogen-bond donors (Lipinski definition) is 1. The molecule has 0 saturated heterocycles. The van der Waals surface area contributed by atoms with Gasteiger partial charge in [0.15, 0.2) is 0 Å². The van der Waals surface area contributed by atoms with E-state index in [4.69, 9.17) is 17.3 Å². The van der Waals surface area contributed by atoms with E-state index in [0.717, 1.165) is 10.4 Å². The van der Waals surface area contributed by atoms with Crippen LogP contribution in [0.2, 0.25) is 5.02 Å². The minimum Gasteiger partial charge on any atom is -0.337 e. The van der Waals surface area contributed by atoms with Crippen molar-refractivity contribution in [1.82, 2.24) is 4.90 Å². The van der Waals surface area contributed by atoms with Gasteiger partial charge in [0, 0.05) is 18.6 Å². The zero-order valence-corrected chi connectivity index (χ0v) is 13.2. The summed E-state index contributed by atoms with van der Waals surface area (Å²) in [6.07, 6.45) is 0. The molecule has 0 radical (unpaired) electrons. The van der Waals surface area contributed by atoms with Crippen molar-refractivity contribution in [2.45, 2.75) is 6.54 Å². The Morgan fingerprint density at radius 1 is 1.38 bits per heavy atom. The summed E-state index contributed by atoms with van der Waals surface area (Å²) in [6, 6.07) is 11.1. The van der Waals surface area contributed by atoms with Crippen LogP contribution in [-0.4, -0.2) is 24.4 Å². The van der Waals surface area contributed by atoms with E-state index >= 15 is 0 Å². The molecule has 0 unspecified atom stereocenters. The number of carbonyl (C=O) groups excluding carboxylic acids is 1. The molecule has 0 aliphatic rings. The second-order valence-electron chi connectivity index (χ2n) is 4.46. The van der Waals surface area contributed by atoms with Crippen LogP contribution in [0.25, 0.3) is 0 Å². The Labute approximate surface area is 133 Å². The Balaban J connectivity index is 2.07. The Kier molecular flexibility index (Phi) is 5.40. The second kappa shape index (κ2) is 7.28. The highest BCUT2D eigenvalue weighted by Gasteiger charge is 2.14. The maximum atomic E-state index is 12.4. The summed E-state index contributed by atoms with van der Waals surface area (Å²) in [4.78, 5) is 15.5. The average Bonchev–Trinajstić information content (AvgIpc) is 2.93. The van der Waals surface area contributed by atoms with Crippen LogP contribution < -0.4 is 5.73 Å². The van der Waals surface area contributed by atoms with Gasteiger partial charge in [-0.05, 0) is 29.8 Å². The predicted octanol–water partition coefficient (Wildman–Crippen LogP) is 2.98. The van der Waals surface area contributed by atoms with Gasteiger partial charge in [-0.15, -0.1) is 11.3 Å². The molecular formula is C16H15ClN2OS. The van der Waals surface area contributed by atoms with Crippen molar-refractivity contribution >= 4 is 28.8 Å². The van der Waals surface area contributed by atoms with E-state index in [1.165, 1.54) is 11.3 Å². The number of carbonyl (C=O) groups is 1. The Hall–Kier alpha value is -1.80. The molecular weight excluding hydrogens is 304 g/mol. The number of nitrogens with zero attached hydrogens (tertiary/aromatic N) is 1. The minimum absolute atomic E-state index is 0.0271. The van der Waals surface area contributed by atoms with Crippen LogP contribution in [0.15, 0.2) is 36.4 Å². The lowest BCUT2D eigenvalue weighted by Gasteiger charge is -2.16. The van der Waals surface area contributed by atoms with E-state index in [1.54, 1.807) is 18.0 Å². The lowest BCUT2D eigenvalue weighted by molar-refractivity contribution is 0.0790. The van der Waals surface area contributed by atoms with Crippen molar-refractivity contribution in [2.75, 3.05) is 13.6 Å². The van der Waals surface area contributed by atoms with Crippen molar-refractivity contribution < 1.29 is 4.79 Å². The van der Waals surface area contributed by atoms with Gasteiger partial charge in [0.05, 0.1) is 16.3 Å². The van der Waals surface area contributed by atoms with Gasteiger partial charge in [0.25, 0.3) is 5.91 Å². The second-order valence-corrected chi connectivity index (χ2v) is 5.98. The molecule has 0 bridgehead atoms. The molecule has 0 atom stereocenters. The molecule has 1 amide bonds. The molecule has 3 nitrogen and oxygen atoms in total. The van der Waals surface area contributed by atoms with Crippen LogP contribution >= 0.6 is 22.9 Å². The highest BCUT2D eigenvalue weighted by Crippen LogP contribution is 2.19. The lowest BCUT2D eigenvalue weighted by Crippen LogP contribution is -2.25. The zero-order chi connectivity index (χ0) is 15.2. The molecule has 0 aliphatic carbocycles. The molecule has 1 aromatic heterocycles. The van der Waals surface area contributed by atoms with E-state index in [9.17, 15) is 4.79 Å². The van der Waals surface area contributed by atoms with E-state index in [-0.39, 0.29) is 5.91 Å². The number of nitrogens with two attached hydrogens (primary N) is 1. The predicted molar refractivity (Wildman–Crippen MR) is 87.5 cm³/mol. The molecule has 0 aliphatic heterocycles. The highest BCUT2D eigenvalue weighted by molar-refractivity contribution is 7.14. The average molecular weight is 319 g/mol. The number of hydrogen-bond acceptors (Lipinski definition) is 3. The quantitative estimate of drug-likeness (QED) is 0.884. The molecule has 1 aromatic carbocycles. The monoisotopic (exact) mass is 318 g/mol. The summed E-state index contributed by atoms with van der Waals surface area (Å²) in [5, 5.41) is 0.670. The highest BCUT2D eigenvalue weighted by atomic mass is 35.5. The van der Waals surface area contributed by atoms with Crippen LogP contribution in [0.1, 0.15) is 20.1 Å². The first kappa shape index (κ1) is 15.6. The summed E-state index contributed by atoms with van der Waals surface area (Å²) < 4.78 is 0. The van der Waals surface area contributed by atoms with Crippen molar-refractivity contribution in [3.05, 3.63) is 56.7 Å². The van der Waals surface area contributed by atoms with Crippen LogP contribution in [0.3, 0.4) is 0 Å². The van der Waals surface area contributed by atoms with Crippen molar-refractivity contribution in [2.24, 2.45) is 5.73 Å². The van der Waals surface area contributed by atoms with Gasteiger partial charge in [-0.3, -0.25) is 4.79 Å². The Morgan fingerprint density at radius 2 is 2.19 bits per heavy atom. The number of amides is 1. The fourth-order valence-corrected chi connectivity index (χ4v) is 2.92. The Morgan fingerprint density at radius 3 is 2.90 bits per heavy atom. The molecule has 0 saturated carbocycles. The van der Waals surface area contributed by atoms with Gasteiger partial charge in [0.2, 0.25) is 0 Å². The topological polar surface area (TPSA) is 46.3 Å². The molecule has 2 aromatic rings. The van der Waals surface area contributed by atoms with Crippen molar-refractivity contribution in [3.8, 4) is 11.8 Å². The normalized spacial score (nSPS) is 9.86. The fraction of sp³-hybridized carbons (Fsp3) is 0.188. The first-order chi connectivity index (χ1) is 10.1. The van der Waals surface area contributed by atoms with Gasteiger partial charge < -0.3 is 10.6 Å². The SMILES string of the molecule is CN(Cc1cccc(Cl)c1)C(=O)c1ccc(C#CCN)s1. The van der Waals surface area contributed by atoms with Crippen LogP contribution in [0.4, 0.5) is 0 Å². The van der Waals surface area contributed by atoms with Gasteiger partial charge in [-0.1, -0.05) is 35.6 Å². The van der Waals surface area contributed by atoms with E-state index in [2.05, 4.69) is 11.8 Å². The number of benzene rings is 1. The Bertz CT molecular complexity index is 700. The molecule has 0 spiro atoms. The third-order valence-corrected chi connectivity index (χ3v) is 4.01. The molecule has 21 heavy (non-hydrogen) atoms. The first-order valence-electron chi connectivity index (χ1n) is 6.39. The third kappa shape index (κ3) is 4.33. The summed E-state index contributed by atoms with van der Waals surface area (Å²) in [6.45, 7) is 0.830. The molecule has 0 fully saturated rings. The number of thiophene rings is 1. The van der Waals surface area contributed by atoms with E-state index < -0.39 is 0 Å². The number of halogens is 1. The summed E-state index contributed by atoms with van der Waals surface area (Å²) in [7, 11) is 1.77. The summed E-state index contributed by atoms with van der Waals surface area (Å²) in [5.74, 6) is 5.68. The molecule has 2 rings (SSSR count). The van der Waals surface area contributed by atoms with Crippen LogP contribution in [0.5, 0.6) is 0 Å².